The lowest BCUT2D eigenvalue weighted by Crippen LogP contribution is -2.15. The van der Waals surface area contributed by atoms with E-state index in [0.29, 0.717) is 24.7 Å². The Hall–Kier alpha value is -2.70. The Labute approximate surface area is 114 Å². The Kier molecular flexibility index (Phi) is 2.94. The van der Waals surface area contributed by atoms with E-state index in [2.05, 4.69) is 9.72 Å². The highest BCUT2D eigenvalue weighted by molar-refractivity contribution is 5.92. The lowest BCUT2D eigenvalue weighted by molar-refractivity contribution is 0.0596. The van der Waals surface area contributed by atoms with Crippen LogP contribution in [-0.4, -0.2) is 35.8 Å². The van der Waals surface area contributed by atoms with Crippen molar-refractivity contribution in [1.82, 2.24) is 9.55 Å². The number of hydrogen-bond acceptors (Lipinski definition) is 6. The zero-order valence-corrected chi connectivity index (χ0v) is 10.8. The molecule has 20 heavy (non-hydrogen) atoms. The smallest absolute Gasteiger partial charge is 0.360 e. The van der Waals surface area contributed by atoms with Crippen LogP contribution in [0.3, 0.4) is 0 Å². The highest BCUT2D eigenvalue weighted by atomic mass is 16.6. The Morgan fingerprint density at radius 1 is 1.35 bits per heavy atom. The van der Waals surface area contributed by atoms with E-state index >= 15 is 0 Å². The van der Waals surface area contributed by atoms with E-state index in [1.165, 1.54) is 13.4 Å². The minimum atomic E-state index is -0.571. The molecule has 0 radical (unpaired) electrons. The second-order valence-corrected chi connectivity index (χ2v) is 4.17. The molecule has 2 aromatic rings. The Balaban J connectivity index is 2.01. The number of carbonyl (C=O) groups is 1. The molecule has 1 aromatic heterocycles. The van der Waals surface area contributed by atoms with E-state index in [1.807, 2.05) is 6.07 Å². The highest BCUT2D eigenvalue weighted by Gasteiger charge is 2.18. The van der Waals surface area contributed by atoms with Crippen LogP contribution in [0.1, 0.15) is 10.5 Å². The summed E-state index contributed by atoms with van der Waals surface area (Å²) in [6, 6.07) is 5.39. The zero-order valence-electron chi connectivity index (χ0n) is 10.8. The van der Waals surface area contributed by atoms with Gasteiger partial charge in [0.1, 0.15) is 25.4 Å². The van der Waals surface area contributed by atoms with E-state index < -0.39 is 5.97 Å². The number of esters is 1. The van der Waals surface area contributed by atoms with E-state index in [-0.39, 0.29) is 11.5 Å². The molecule has 0 unspecified atom stereocenters. The number of aromatic nitrogens is 2. The summed E-state index contributed by atoms with van der Waals surface area (Å²) in [5, 5.41) is 0. The molecule has 1 aliphatic heterocycles. The summed E-state index contributed by atoms with van der Waals surface area (Å²) in [6.45, 7) is 1.04. The molecule has 3 rings (SSSR count). The van der Waals surface area contributed by atoms with Crippen molar-refractivity contribution >= 4 is 11.8 Å². The van der Waals surface area contributed by atoms with Gasteiger partial charge in [0.15, 0.2) is 17.2 Å². The first-order valence-corrected chi connectivity index (χ1v) is 6.02. The standard InChI is InChI=1S/C13H13N3O4/c1-18-13(17)11-12(14)16(7-15-11)8-2-3-9-10(6-8)20-5-4-19-9/h2-3,6-7H,4-5,14H2,1H3. The fourth-order valence-corrected chi connectivity index (χ4v) is 2.00. The summed E-state index contributed by atoms with van der Waals surface area (Å²) in [4.78, 5) is 15.5. The van der Waals surface area contributed by atoms with Crippen LogP contribution < -0.4 is 15.2 Å². The van der Waals surface area contributed by atoms with Crippen molar-refractivity contribution in [3.63, 3.8) is 0 Å². The molecule has 0 fully saturated rings. The van der Waals surface area contributed by atoms with Gasteiger partial charge in [0, 0.05) is 6.07 Å². The van der Waals surface area contributed by atoms with Gasteiger partial charge in [-0.1, -0.05) is 0 Å². The molecule has 104 valence electrons. The summed E-state index contributed by atoms with van der Waals surface area (Å²) in [6.07, 6.45) is 1.47. The molecule has 0 spiro atoms. The summed E-state index contributed by atoms with van der Waals surface area (Å²) >= 11 is 0. The number of rotatable bonds is 2. The molecule has 1 aromatic carbocycles. The topological polar surface area (TPSA) is 88.6 Å². The third kappa shape index (κ3) is 1.93. The molecule has 0 atom stereocenters. The number of imidazole rings is 1. The zero-order chi connectivity index (χ0) is 14.1. The SMILES string of the molecule is COC(=O)c1ncn(-c2ccc3c(c2)OCCO3)c1N. The van der Waals surface area contributed by atoms with Gasteiger partial charge >= 0.3 is 5.97 Å². The van der Waals surface area contributed by atoms with Gasteiger partial charge in [0.2, 0.25) is 0 Å². The van der Waals surface area contributed by atoms with Gasteiger partial charge in [0.05, 0.1) is 12.8 Å². The fourth-order valence-electron chi connectivity index (χ4n) is 2.00. The molecule has 0 saturated heterocycles. The predicted molar refractivity (Wildman–Crippen MR) is 70.3 cm³/mol. The molecular weight excluding hydrogens is 262 g/mol. The molecule has 0 bridgehead atoms. The lowest BCUT2D eigenvalue weighted by atomic mass is 10.2. The molecule has 1 aliphatic rings. The quantitative estimate of drug-likeness (QED) is 0.823. The average molecular weight is 275 g/mol. The molecule has 0 saturated carbocycles. The number of anilines is 1. The number of ether oxygens (including phenoxy) is 3. The largest absolute Gasteiger partial charge is 0.486 e. The number of hydrogen-bond donors (Lipinski definition) is 1. The van der Waals surface area contributed by atoms with Gasteiger partial charge in [-0.3, -0.25) is 4.57 Å². The van der Waals surface area contributed by atoms with Crippen LogP contribution in [0.15, 0.2) is 24.5 Å². The number of nitrogens with two attached hydrogens (primary N) is 1. The summed E-state index contributed by atoms with van der Waals surface area (Å²) in [5.41, 5.74) is 6.73. The Bertz CT molecular complexity index is 666. The number of benzene rings is 1. The summed E-state index contributed by atoms with van der Waals surface area (Å²) < 4.78 is 17.2. The predicted octanol–water partition coefficient (Wildman–Crippen LogP) is 1.01. The molecule has 0 amide bonds. The van der Waals surface area contributed by atoms with Crippen LogP contribution in [0.25, 0.3) is 5.69 Å². The van der Waals surface area contributed by atoms with E-state index in [4.69, 9.17) is 15.2 Å². The van der Waals surface area contributed by atoms with Crippen LogP contribution in [0.4, 0.5) is 5.82 Å². The second kappa shape index (κ2) is 4.76. The van der Waals surface area contributed by atoms with Crippen LogP contribution in [0.5, 0.6) is 11.5 Å². The van der Waals surface area contributed by atoms with Crippen LogP contribution >= 0.6 is 0 Å². The number of nitrogen functional groups attached to an aromatic ring is 1. The average Bonchev–Trinajstić information content (AvgIpc) is 2.87. The van der Waals surface area contributed by atoms with Gasteiger partial charge in [-0.25, -0.2) is 9.78 Å². The Morgan fingerprint density at radius 2 is 2.10 bits per heavy atom. The molecule has 2 heterocycles. The van der Waals surface area contributed by atoms with Crippen molar-refractivity contribution < 1.29 is 19.0 Å². The maximum absolute atomic E-state index is 11.5. The van der Waals surface area contributed by atoms with Crippen molar-refractivity contribution in [3.05, 3.63) is 30.2 Å². The molecular formula is C13H13N3O4. The van der Waals surface area contributed by atoms with E-state index in [9.17, 15) is 4.79 Å². The number of fused-ring (bicyclic) bond motifs is 1. The molecule has 7 heteroatoms. The van der Waals surface area contributed by atoms with Crippen molar-refractivity contribution in [2.24, 2.45) is 0 Å². The maximum Gasteiger partial charge on any atom is 0.360 e. The van der Waals surface area contributed by atoms with Crippen molar-refractivity contribution in [3.8, 4) is 17.2 Å². The minimum absolute atomic E-state index is 0.0855. The summed E-state index contributed by atoms with van der Waals surface area (Å²) in [7, 11) is 1.28. The first-order chi connectivity index (χ1) is 9.70. The second-order valence-electron chi connectivity index (χ2n) is 4.17. The van der Waals surface area contributed by atoms with Crippen LogP contribution in [0, 0.1) is 0 Å². The number of carbonyl (C=O) groups excluding carboxylic acids is 1. The van der Waals surface area contributed by atoms with Gasteiger partial charge in [-0.2, -0.15) is 0 Å². The summed E-state index contributed by atoms with van der Waals surface area (Å²) in [5.74, 6) is 0.973. The minimum Gasteiger partial charge on any atom is -0.486 e. The third-order valence-electron chi connectivity index (χ3n) is 2.99. The van der Waals surface area contributed by atoms with Crippen molar-refractivity contribution in [2.45, 2.75) is 0 Å². The monoisotopic (exact) mass is 275 g/mol. The fraction of sp³-hybridized carbons (Fsp3) is 0.231. The number of methoxy groups -OCH3 is 1. The third-order valence-corrected chi connectivity index (χ3v) is 2.99. The normalized spacial score (nSPS) is 13.1. The highest BCUT2D eigenvalue weighted by Crippen LogP contribution is 2.32. The Morgan fingerprint density at radius 3 is 2.85 bits per heavy atom. The van der Waals surface area contributed by atoms with E-state index in [1.54, 1.807) is 16.7 Å². The van der Waals surface area contributed by atoms with E-state index in [0.717, 1.165) is 5.69 Å². The first kappa shape index (κ1) is 12.3. The maximum atomic E-state index is 11.5. The van der Waals surface area contributed by atoms with Crippen LogP contribution in [0.2, 0.25) is 0 Å². The van der Waals surface area contributed by atoms with Crippen LogP contribution in [-0.2, 0) is 4.74 Å². The molecule has 7 nitrogen and oxygen atoms in total. The van der Waals surface area contributed by atoms with Crippen molar-refractivity contribution in [2.75, 3.05) is 26.1 Å². The first-order valence-electron chi connectivity index (χ1n) is 6.02. The van der Waals surface area contributed by atoms with Crippen molar-refractivity contribution in [1.29, 1.82) is 0 Å². The van der Waals surface area contributed by atoms with Gasteiger partial charge in [0.25, 0.3) is 0 Å². The van der Waals surface area contributed by atoms with Gasteiger partial charge in [-0.05, 0) is 12.1 Å². The van der Waals surface area contributed by atoms with Gasteiger partial charge in [-0.15, -0.1) is 0 Å². The number of nitrogens with zero attached hydrogens (tertiary/aromatic N) is 2. The molecule has 0 aliphatic carbocycles. The lowest BCUT2D eigenvalue weighted by Gasteiger charge is -2.19. The molecule has 2 N–H and O–H groups in total. The van der Waals surface area contributed by atoms with Gasteiger partial charge < -0.3 is 19.9 Å².